The predicted octanol–water partition coefficient (Wildman–Crippen LogP) is 2.27. The summed E-state index contributed by atoms with van der Waals surface area (Å²) in [4.78, 5) is 27.0. The Morgan fingerprint density at radius 3 is 2.88 bits per heavy atom. The Balaban J connectivity index is 1.67. The summed E-state index contributed by atoms with van der Waals surface area (Å²) >= 11 is 3.37. The van der Waals surface area contributed by atoms with Gasteiger partial charge < -0.3 is 24.8 Å². The van der Waals surface area contributed by atoms with Crippen molar-refractivity contribution in [2.75, 3.05) is 18.5 Å². The number of anilines is 1. The maximum atomic E-state index is 13.1. The minimum absolute atomic E-state index is 0.0829. The second kappa shape index (κ2) is 8.99. The van der Waals surface area contributed by atoms with E-state index in [1.165, 1.54) is 0 Å². The first-order valence-corrected chi connectivity index (χ1v) is 10.3. The van der Waals surface area contributed by atoms with Gasteiger partial charge in [-0.15, -0.1) is 0 Å². The van der Waals surface area contributed by atoms with Crippen LogP contribution in [0.25, 0.3) is 22.3 Å². The molecule has 2 heterocycles. The number of aromatic amines is 1. The van der Waals surface area contributed by atoms with Crippen LogP contribution in [-0.2, 0) is 7.05 Å². The van der Waals surface area contributed by atoms with Crippen LogP contribution in [0.15, 0.2) is 56.3 Å². The van der Waals surface area contributed by atoms with E-state index in [9.17, 15) is 14.7 Å². The third-order valence-corrected chi connectivity index (χ3v) is 5.31. The van der Waals surface area contributed by atoms with Gasteiger partial charge in [-0.3, -0.25) is 14.3 Å². The Bertz CT molecular complexity index is 1340. The molecule has 11 heteroatoms. The summed E-state index contributed by atoms with van der Waals surface area (Å²) < 4.78 is 12.6. The molecule has 0 aliphatic heterocycles. The minimum atomic E-state index is -1.01. The van der Waals surface area contributed by atoms with E-state index in [1.807, 2.05) is 6.07 Å². The van der Waals surface area contributed by atoms with Gasteiger partial charge in [0.2, 0.25) is 0 Å². The van der Waals surface area contributed by atoms with Gasteiger partial charge in [0.25, 0.3) is 5.91 Å². The number of rotatable bonds is 7. The minimum Gasteiger partial charge on any atom is -0.489 e. The maximum Gasteiger partial charge on any atom is 0.439 e. The number of aliphatic hydroxyl groups is 2. The van der Waals surface area contributed by atoms with Crippen molar-refractivity contribution in [2.45, 2.75) is 6.10 Å². The monoisotopic (exact) mass is 502 g/mol. The number of fused-ring (bicyclic) bond motifs is 1. The molecule has 0 spiro atoms. The van der Waals surface area contributed by atoms with E-state index >= 15 is 0 Å². The van der Waals surface area contributed by atoms with Crippen LogP contribution in [0.2, 0.25) is 0 Å². The number of ether oxygens (including phenoxy) is 1. The molecule has 166 valence electrons. The molecular weight excluding hydrogens is 484 g/mol. The van der Waals surface area contributed by atoms with Gasteiger partial charge in [0.1, 0.15) is 24.2 Å². The first kappa shape index (κ1) is 21.8. The van der Waals surface area contributed by atoms with Crippen molar-refractivity contribution in [3.63, 3.8) is 0 Å². The molecule has 0 bridgehead atoms. The molecule has 0 aliphatic carbocycles. The molecule has 1 atom stereocenters. The molecule has 0 fully saturated rings. The standard InChI is InChI=1S/C21H19BrN4O6/c1-26-16(7-11-3-2-4-17(18(11)26)31-10-13(28)9-27)20(29)23-15-6-5-12(22)8-14(15)19-24-21(30)32-25-19/h2-8,13,27-28H,9-10H2,1H3,(H,23,29)(H,24,25,30)/t13-/m0/s1. The molecule has 2 aromatic carbocycles. The van der Waals surface area contributed by atoms with E-state index in [2.05, 4.69) is 35.9 Å². The number of para-hydroxylation sites is 1. The zero-order chi connectivity index (χ0) is 22.8. The number of aromatic nitrogens is 3. The van der Waals surface area contributed by atoms with Crippen molar-refractivity contribution in [2.24, 2.45) is 7.05 Å². The van der Waals surface area contributed by atoms with Crippen molar-refractivity contribution in [1.29, 1.82) is 0 Å². The van der Waals surface area contributed by atoms with Gasteiger partial charge in [0, 0.05) is 22.5 Å². The molecule has 1 amide bonds. The Hall–Kier alpha value is -3.41. The van der Waals surface area contributed by atoms with E-state index in [0.29, 0.717) is 28.2 Å². The summed E-state index contributed by atoms with van der Waals surface area (Å²) in [6.07, 6.45) is -1.01. The Kier molecular flexibility index (Phi) is 6.12. The molecule has 4 aromatic rings. The lowest BCUT2D eigenvalue weighted by Gasteiger charge is -2.13. The topological polar surface area (TPSA) is 143 Å². The summed E-state index contributed by atoms with van der Waals surface area (Å²) in [6.45, 7) is -0.496. The summed E-state index contributed by atoms with van der Waals surface area (Å²) in [7, 11) is 1.73. The van der Waals surface area contributed by atoms with Crippen LogP contribution < -0.4 is 15.8 Å². The predicted molar refractivity (Wildman–Crippen MR) is 120 cm³/mol. The van der Waals surface area contributed by atoms with Crippen LogP contribution in [0.4, 0.5) is 5.69 Å². The van der Waals surface area contributed by atoms with Crippen molar-refractivity contribution in [3.8, 4) is 17.1 Å². The zero-order valence-corrected chi connectivity index (χ0v) is 18.4. The van der Waals surface area contributed by atoms with Crippen molar-refractivity contribution < 1.29 is 24.3 Å². The average molecular weight is 503 g/mol. The zero-order valence-electron chi connectivity index (χ0n) is 16.8. The fourth-order valence-corrected chi connectivity index (χ4v) is 3.67. The quantitative estimate of drug-likeness (QED) is 0.303. The van der Waals surface area contributed by atoms with Crippen LogP contribution in [0.1, 0.15) is 10.5 Å². The van der Waals surface area contributed by atoms with Gasteiger partial charge in [-0.25, -0.2) is 4.79 Å². The number of aryl methyl sites for hydroxylation is 1. The highest BCUT2D eigenvalue weighted by atomic mass is 79.9. The van der Waals surface area contributed by atoms with Crippen LogP contribution >= 0.6 is 15.9 Å². The summed E-state index contributed by atoms with van der Waals surface area (Å²) in [5.74, 6) is -0.438. The normalized spacial score (nSPS) is 12.1. The fourth-order valence-electron chi connectivity index (χ4n) is 3.31. The number of aliphatic hydroxyl groups excluding tert-OH is 2. The molecule has 2 aromatic heterocycles. The largest absolute Gasteiger partial charge is 0.489 e. The van der Waals surface area contributed by atoms with E-state index in [0.717, 1.165) is 9.86 Å². The number of halogens is 1. The molecule has 4 rings (SSSR count). The van der Waals surface area contributed by atoms with Gasteiger partial charge in [-0.2, -0.15) is 0 Å². The highest BCUT2D eigenvalue weighted by Crippen LogP contribution is 2.31. The van der Waals surface area contributed by atoms with Gasteiger partial charge >= 0.3 is 5.76 Å². The summed E-state index contributed by atoms with van der Waals surface area (Å²) in [5, 5.41) is 25.9. The number of benzene rings is 2. The van der Waals surface area contributed by atoms with Gasteiger partial charge in [0.05, 0.1) is 17.8 Å². The van der Waals surface area contributed by atoms with Crippen LogP contribution in [-0.4, -0.2) is 50.1 Å². The van der Waals surface area contributed by atoms with Gasteiger partial charge in [-0.1, -0.05) is 33.2 Å². The lowest BCUT2D eigenvalue weighted by Crippen LogP contribution is -2.21. The molecule has 10 nitrogen and oxygen atoms in total. The third-order valence-electron chi connectivity index (χ3n) is 4.82. The maximum absolute atomic E-state index is 13.1. The number of hydrogen-bond donors (Lipinski definition) is 4. The first-order chi connectivity index (χ1) is 15.4. The van der Waals surface area contributed by atoms with Crippen molar-refractivity contribution >= 4 is 38.4 Å². The molecule has 0 unspecified atom stereocenters. The highest BCUT2D eigenvalue weighted by molar-refractivity contribution is 9.10. The van der Waals surface area contributed by atoms with E-state index in [1.54, 1.807) is 48.0 Å². The molecule has 0 radical (unpaired) electrons. The summed E-state index contributed by atoms with van der Waals surface area (Å²) in [5.41, 5.74) is 1.93. The smallest absolute Gasteiger partial charge is 0.439 e. The van der Waals surface area contributed by atoms with Crippen molar-refractivity contribution in [1.82, 2.24) is 14.7 Å². The molecule has 32 heavy (non-hydrogen) atoms. The Morgan fingerprint density at radius 1 is 1.34 bits per heavy atom. The van der Waals surface area contributed by atoms with Gasteiger partial charge in [0.15, 0.2) is 5.82 Å². The van der Waals surface area contributed by atoms with Crippen LogP contribution in [0.3, 0.4) is 0 Å². The number of nitrogens with one attached hydrogen (secondary N) is 2. The first-order valence-electron chi connectivity index (χ1n) is 9.55. The SMILES string of the molecule is Cn1c(C(=O)Nc2ccc(Br)cc2-c2noc(=O)[nH]2)cc2cccc(OC[C@@H](O)CO)c21. The number of H-pyrrole nitrogens is 1. The Labute approximate surface area is 189 Å². The lowest BCUT2D eigenvalue weighted by molar-refractivity contribution is 0.0540. The van der Waals surface area contributed by atoms with Gasteiger partial charge in [-0.05, 0) is 30.3 Å². The molecular formula is C21H19BrN4O6. The fraction of sp³-hybridized carbons (Fsp3) is 0.190. The number of amides is 1. The van der Waals surface area contributed by atoms with E-state index in [4.69, 9.17) is 9.84 Å². The summed E-state index contributed by atoms with van der Waals surface area (Å²) in [6, 6.07) is 12.2. The lowest BCUT2D eigenvalue weighted by atomic mass is 10.1. The van der Waals surface area contributed by atoms with E-state index in [-0.39, 0.29) is 18.3 Å². The average Bonchev–Trinajstić information content (AvgIpc) is 3.36. The number of carbonyl (C=O) groups is 1. The molecule has 4 N–H and O–H groups in total. The Morgan fingerprint density at radius 2 is 2.16 bits per heavy atom. The second-order valence-electron chi connectivity index (χ2n) is 7.02. The second-order valence-corrected chi connectivity index (χ2v) is 7.93. The van der Waals surface area contributed by atoms with Crippen LogP contribution in [0.5, 0.6) is 5.75 Å². The number of carbonyl (C=O) groups excluding carboxylic acids is 1. The number of hydrogen-bond acceptors (Lipinski definition) is 7. The van der Waals surface area contributed by atoms with Crippen molar-refractivity contribution in [3.05, 3.63) is 63.2 Å². The third kappa shape index (κ3) is 4.31. The highest BCUT2D eigenvalue weighted by Gasteiger charge is 2.19. The number of nitrogens with zero attached hydrogens (tertiary/aromatic N) is 2. The molecule has 0 saturated carbocycles. The van der Waals surface area contributed by atoms with E-state index < -0.39 is 18.5 Å². The molecule has 0 aliphatic rings. The van der Waals surface area contributed by atoms with Crippen LogP contribution in [0, 0.1) is 0 Å². The molecule has 0 saturated heterocycles.